The average Bonchev–Trinajstić information content (AvgIpc) is 3.02. The number of benzene rings is 2. The van der Waals surface area contributed by atoms with Crippen LogP contribution in [0.4, 0.5) is 17.3 Å². The van der Waals surface area contributed by atoms with Gasteiger partial charge in [0, 0.05) is 66.1 Å². The maximum atomic E-state index is 7.58. The molecule has 0 saturated carbocycles. The molecule has 2 heterocycles. The summed E-state index contributed by atoms with van der Waals surface area (Å²) in [6.45, 7) is 1.95. The van der Waals surface area contributed by atoms with Crippen LogP contribution in [0.5, 0.6) is 0 Å². The van der Waals surface area contributed by atoms with E-state index >= 15 is 0 Å². The zero-order valence-electron chi connectivity index (χ0n) is 14.0. The largest absolute Gasteiger partial charge is 0.699 e. The molecule has 0 saturated heterocycles. The van der Waals surface area contributed by atoms with E-state index in [2.05, 4.69) is 25.5 Å². The third-order valence-electron chi connectivity index (χ3n) is 3.60. The third-order valence-corrected chi connectivity index (χ3v) is 4.47. The normalized spacial score (nSPS) is 10.5. The van der Waals surface area contributed by atoms with E-state index in [0.717, 1.165) is 33.1 Å². The molecule has 8 heteroatoms. The molecular weight excluding hydrogens is 559 g/mol. The zero-order chi connectivity index (χ0) is 17.2. The maximum absolute atomic E-state index is 7.58. The minimum absolute atomic E-state index is 0. The molecule has 4 aromatic rings. The summed E-state index contributed by atoms with van der Waals surface area (Å²) in [7, 11) is 0. The predicted octanol–water partition coefficient (Wildman–Crippen LogP) is 5.24. The first-order valence-electron chi connectivity index (χ1n) is 7.73. The van der Waals surface area contributed by atoms with E-state index in [1.165, 1.54) is 11.8 Å². The molecule has 1 radical (unpaired) electrons. The van der Waals surface area contributed by atoms with Crippen molar-refractivity contribution in [3.8, 4) is 0 Å². The number of aromatic nitrogens is 4. The first-order chi connectivity index (χ1) is 12.2. The second-order valence-corrected chi connectivity index (χ2v) is 6.60. The van der Waals surface area contributed by atoms with Crippen LogP contribution in [0.25, 0.3) is 16.6 Å². The van der Waals surface area contributed by atoms with Crippen molar-refractivity contribution in [3.63, 3.8) is 0 Å². The Labute approximate surface area is 190 Å². The summed E-state index contributed by atoms with van der Waals surface area (Å²) in [5.41, 5.74) is 9.91. The van der Waals surface area contributed by atoms with Crippen LogP contribution in [0.15, 0.2) is 64.6 Å². The molecule has 3 N–H and O–H groups in total. The molecule has 0 aliphatic carbocycles. The quantitative estimate of drug-likeness (QED) is 0.326. The van der Waals surface area contributed by atoms with Gasteiger partial charge in [-0.15, -0.1) is 5.69 Å². The summed E-state index contributed by atoms with van der Waals surface area (Å²) >= 11 is 1.47. The summed E-state index contributed by atoms with van der Waals surface area (Å²) in [6, 6.07) is 17.1. The van der Waals surface area contributed by atoms with Crippen LogP contribution in [0.1, 0.15) is 5.69 Å². The Morgan fingerprint density at radius 3 is 2.54 bits per heavy atom. The van der Waals surface area contributed by atoms with Gasteiger partial charge >= 0.3 is 0 Å². The molecule has 0 aliphatic heterocycles. The van der Waals surface area contributed by atoms with Crippen molar-refractivity contribution in [2.24, 2.45) is 0 Å². The van der Waals surface area contributed by atoms with Crippen LogP contribution in [0, 0.1) is 51.0 Å². The van der Waals surface area contributed by atoms with E-state index in [1.54, 1.807) is 12.1 Å². The fraction of sp³-hybridized carbons (Fsp3) is 0.0556. The van der Waals surface area contributed by atoms with Crippen molar-refractivity contribution in [2.45, 2.75) is 17.0 Å². The molecule has 6 nitrogen and oxygen atoms in total. The van der Waals surface area contributed by atoms with Gasteiger partial charge in [0.1, 0.15) is 5.82 Å². The Morgan fingerprint density at radius 1 is 1.04 bits per heavy atom. The van der Waals surface area contributed by atoms with E-state index < -0.39 is 0 Å². The van der Waals surface area contributed by atoms with Crippen molar-refractivity contribution in [1.29, 1.82) is 0 Å². The first kappa shape index (κ1) is 19.2. The van der Waals surface area contributed by atoms with Gasteiger partial charge in [0.15, 0.2) is 11.0 Å². The standard InChI is InChI=1S/C18H15N6S.Ac/c1-11-10-16(24-23-11)21-17-14-4-2-3-5-15(14)20-18(22-17)25-13-8-6-12(19)7-9-13;/h2-10,19H,1H3,(H2,20,21,22,23,24);/q-1;. The Bertz CT molecular complexity index is 1030. The average molecular weight is 574 g/mol. The molecule has 26 heavy (non-hydrogen) atoms. The number of nitrogens with one attached hydrogen (secondary N) is 3. The second-order valence-electron chi connectivity index (χ2n) is 5.56. The number of hydrogen-bond donors (Lipinski definition) is 2. The SMILES string of the molecule is Cc1cc(Nc2nc(Sc3ccc([NH-])cc3)nc3ccccc23)n[nH]1.[Ac]. The van der Waals surface area contributed by atoms with E-state index in [4.69, 9.17) is 5.73 Å². The summed E-state index contributed by atoms with van der Waals surface area (Å²) < 4.78 is 0. The van der Waals surface area contributed by atoms with Crippen LogP contribution in [0.3, 0.4) is 0 Å². The van der Waals surface area contributed by atoms with E-state index in [0.29, 0.717) is 10.8 Å². The number of H-pyrrole nitrogens is 1. The molecule has 0 aliphatic rings. The number of nitrogens with zero attached hydrogens (tertiary/aromatic N) is 3. The fourth-order valence-electron chi connectivity index (χ4n) is 2.43. The number of aryl methyl sites for hydroxylation is 1. The molecule has 127 valence electrons. The summed E-state index contributed by atoms with van der Waals surface area (Å²) in [5, 5.41) is 12.0. The van der Waals surface area contributed by atoms with Crippen LogP contribution in [-0.4, -0.2) is 20.2 Å². The smallest absolute Gasteiger partial charge is 0.195 e. The summed E-state index contributed by atoms with van der Waals surface area (Å²) in [6.07, 6.45) is 0. The molecule has 0 amide bonds. The van der Waals surface area contributed by atoms with Gasteiger partial charge in [-0.2, -0.15) is 5.10 Å². The van der Waals surface area contributed by atoms with Gasteiger partial charge in [-0.25, -0.2) is 9.97 Å². The van der Waals surface area contributed by atoms with Gasteiger partial charge in [-0.05, 0) is 43.0 Å². The van der Waals surface area contributed by atoms with E-state index in [9.17, 15) is 0 Å². The maximum Gasteiger partial charge on any atom is 0.195 e. The van der Waals surface area contributed by atoms with Gasteiger partial charge in [-0.3, -0.25) is 5.10 Å². The third kappa shape index (κ3) is 4.37. The molecule has 0 unspecified atom stereocenters. The molecule has 0 atom stereocenters. The van der Waals surface area contributed by atoms with Gasteiger partial charge in [0.2, 0.25) is 0 Å². The molecule has 0 bridgehead atoms. The minimum Gasteiger partial charge on any atom is -0.699 e. The fourth-order valence-corrected chi connectivity index (χ4v) is 3.19. The van der Waals surface area contributed by atoms with Crippen LogP contribution in [-0.2, 0) is 0 Å². The topological polar surface area (TPSA) is 90.3 Å². The van der Waals surface area contributed by atoms with Crippen molar-refractivity contribution in [2.75, 3.05) is 5.32 Å². The molecule has 0 fully saturated rings. The van der Waals surface area contributed by atoms with E-state index in [-0.39, 0.29) is 44.1 Å². The molecular formula is C18H15AcN6S-. The monoisotopic (exact) mass is 574 g/mol. The van der Waals surface area contributed by atoms with Crippen LogP contribution < -0.4 is 5.32 Å². The Hall–Kier alpha value is -1.62. The number of aromatic amines is 1. The van der Waals surface area contributed by atoms with Gasteiger partial charge in [-0.1, -0.05) is 24.3 Å². The Morgan fingerprint density at radius 2 is 1.81 bits per heavy atom. The van der Waals surface area contributed by atoms with Crippen molar-refractivity contribution in [3.05, 3.63) is 66.0 Å². The summed E-state index contributed by atoms with van der Waals surface area (Å²) in [5.74, 6) is 1.44. The van der Waals surface area contributed by atoms with Crippen LogP contribution >= 0.6 is 11.8 Å². The number of anilines is 2. The molecule has 2 aromatic carbocycles. The van der Waals surface area contributed by atoms with Gasteiger partial charge in [0.25, 0.3) is 0 Å². The molecule has 4 rings (SSSR count). The van der Waals surface area contributed by atoms with Gasteiger partial charge in [0.05, 0.1) is 5.52 Å². The van der Waals surface area contributed by atoms with Gasteiger partial charge < -0.3 is 11.1 Å². The first-order valence-corrected chi connectivity index (χ1v) is 8.54. The Kier molecular flexibility index (Phi) is 6.17. The van der Waals surface area contributed by atoms with Crippen molar-refractivity contribution < 1.29 is 44.1 Å². The van der Waals surface area contributed by atoms with Crippen molar-refractivity contribution in [1.82, 2.24) is 20.2 Å². The number of fused-ring (bicyclic) bond motifs is 1. The Balaban J connectivity index is 0.00000196. The molecule has 0 spiro atoms. The zero-order valence-corrected chi connectivity index (χ0v) is 19.6. The number of hydrogen-bond acceptors (Lipinski definition) is 5. The minimum atomic E-state index is 0. The second kappa shape index (κ2) is 8.38. The summed E-state index contributed by atoms with van der Waals surface area (Å²) in [4.78, 5) is 10.3. The van der Waals surface area contributed by atoms with Crippen LogP contribution in [0.2, 0.25) is 0 Å². The number of rotatable bonds is 4. The van der Waals surface area contributed by atoms with Crippen molar-refractivity contribution >= 4 is 40.0 Å². The van der Waals surface area contributed by atoms with E-state index in [1.807, 2.05) is 49.4 Å². The number of para-hydroxylation sites is 1. The predicted molar refractivity (Wildman–Crippen MR) is 101 cm³/mol. The molecule has 2 aromatic heterocycles.